The number of amides is 1. The van der Waals surface area contributed by atoms with E-state index >= 15 is 0 Å². The second kappa shape index (κ2) is 9.18. The first kappa shape index (κ1) is 16.3. The Hall–Kier alpha value is -0.770. The number of benzene rings is 1. The van der Waals surface area contributed by atoms with Crippen molar-refractivity contribution in [3.05, 3.63) is 33.8 Å². The predicted molar refractivity (Wildman–Crippen MR) is 78.7 cm³/mol. The van der Waals surface area contributed by atoms with Crippen molar-refractivity contribution in [2.24, 2.45) is 0 Å². The molecule has 0 aliphatic carbocycles. The smallest absolute Gasteiger partial charge is 0.224 e. The van der Waals surface area contributed by atoms with Crippen LogP contribution in [0.25, 0.3) is 0 Å². The molecule has 0 aromatic heterocycles. The number of halogens is 2. The highest BCUT2D eigenvalue weighted by molar-refractivity contribution is 6.42. The summed E-state index contributed by atoms with van der Waals surface area (Å²) in [6.07, 6.45) is 4.10. The first-order valence-corrected chi connectivity index (χ1v) is 7.20. The van der Waals surface area contributed by atoms with E-state index in [2.05, 4.69) is 5.32 Å². The molecule has 1 rings (SSSR count). The highest BCUT2D eigenvalue weighted by Gasteiger charge is 2.05. The Morgan fingerprint density at radius 1 is 1.11 bits per heavy atom. The van der Waals surface area contributed by atoms with Crippen LogP contribution in [-0.4, -0.2) is 24.2 Å². The van der Waals surface area contributed by atoms with Gasteiger partial charge in [0, 0.05) is 13.2 Å². The van der Waals surface area contributed by atoms with Gasteiger partial charge in [-0.05, 0) is 30.5 Å². The van der Waals surface area contributed by atoms with E-state index in [1.54, 1.807) is 18.2 Å². The van der Waals surface area contributed by atoms with Crippen LogP contribution in [0.4, 0.5) is 0 Å². The molecule has 2 N–H and O–H groups in total. The van der Waals surface area contributed by atoms with Crippen LogP contribution in [0.1, 0.15) is 31.2 Å². The highest BCUT2D eigenvalue weighted by atomic mass is 35.5. The van der Waals surface area contributed by atoms with Crippen molar-refractivity contribution in [1.29, 1.82) is 0 Å². The number of rotatable bonds is 8. The lowest BCUT2D eigenvalue weighted by molar-refractivity contribution is -0.120. The third-order valence-electron chi connectivity index (χ3n) is 2.76. The van der Waals surface area contributed by atoms with Crippen molar-refractivity contribution in [3.8, 4) is 0 Å². The fourth-order valence-electron chi connectivity index (χ4n) is 1.72. The molecule has 0 unspecified atom stereocenters. The molecule has 0 spiro atoms. The quantitative estimate of drug-likeness (QED) is 0.725. The monoisotopic (exact) mass is 303 g/mol. The van der Waals surface area contributed by atoms with E-state index in [0.29, 0.717) is 23.0 Å². The summed E-state index contributed by atoms with van der Waals surface area (Å²) < 4.78 is 0. The van der Waals surface area contributed by atoms with Crippen molar-refractivity contribution in [2.75, 3.05) is 13.2 Å². The molecular weight excluding hydrogens is 285 g/mol. The molecule has 0 aliphatic rings. The minimum Gasteiger partial charge on any atom is -0.396 e. The van der Waals surface area contributed by atoms with Gasteiger partial charge in [-0.3, -0.25) is 4.79 Å². The van der Waals surface area contributed by atoms with Gasteiger partial charge in [0.05, 0.1) is 16.5 Å². The van der Waals surface area contributed by atoms with E-state index in [1.807, 2.05) is 0 Å². The van der Waals surface area contributed by atoms with Gasteiger partial charge in [0.25, 0.3) is 0 Å². The molecule has 1 aromatic carbocycles. The molecule has 1 amide bonds. The standard InChI is InChI=1S/C14H19Cl2NO2/c15-12-6-5-11(9-13(12)16)10-14(19)17-7-3-1-2-4-8-18/h5-6,9,18H,1-4,7-8,10H2,(H,17,19). The van der Waals surface area contributed by atoms with E-state index in [9.17, 15) is 4.79 Å². The van der Waals surface area contributed by atoms with Crippen molar-refractivity contribution >= 4 is 29.1 Å². The number of aliphatic hydroxyl groups is 1. The number of hydrogen-bond acceptors (Lipinski definition) is 2. The number of hydrogen-bond donors (Lipinski definition) is 2. The summed E-state index contributed by atoms with van der Waals surface area (Å²) in [5.74, 6) is -0.0134. The van der Waals surface area contributed by atoms with Crippen LogP contribution in [0.2, 0.25) is 10.0 Å². The first-order chi connectivity index (χ1) is 9.13. The second-order valence-electron chi connectivity index (χ2n) is 4.41. The van der Waals surface area contributed by atoms with Gasteiger partial charge in [0.2, 0.25) is 5.91 Å². The van der Waals surface area contributed by atoms with Crippen molar-refractivity contribution in [3.63, 3.8) is 0 Å². The van der Waals surface area contributed by atoms with Crippen LogP contribution in [0.15, 0.2) is 18.2 Å². The fraction of sp³-hybridized carbons (Fsp3) is 0.500. The van der Waals surface area contributed by atoms with Gasteiger partial charge in [-0.25, -0.2) is 0 Å². The lowest BCUT2D eigenvalue weighted by Gasteiger charge is -2.06. The molecule has 0 radical (unpaired) electrons. The molecule has 0 saturated heterocycles. The lowest BCUT2D eigenvalue weighted by Crippen LogP contribution is -2.26. The number of aliphatic hydroxyl groups excluding tert-OH is 1. The predicted octanol–water partition coefficient (Wildman–Crippen LogP) is 3.20. The first-order valence-electron chi connectivity index (χ1n) is 6.45. The van der Waals surface area contributed by atoms with E-state index in [0.717, 1.165) is 31.2 Å². The van der Waals surface area contributed by atoms with Crippen LogP contribution in [0.5, 0.6) is 0 Å². The zero-order valence-electron chi connectivity index (χ0n) is 10.8. The Morgan fingerprint density at radius 3 is 2.53 bits per heavy atom. The maximum Gasteiger partial charge on any atom is 0.224 e. The Bertz CT molecular complexity index is 410. The molecule has 0 heterocycles. The molecule has 19 heavy (non-hydrogen) atoms. The Morgan fingerprint density at radius 2 is 1.84 bits per heavy atom. The van der Waals surface area contributed by atoms with Gasteiger partial charge < -0.3 is 10.4 Å². The van der Waals surface area contributed by atoms with Gasteiger partial charge in [-0.15, -0.1) is 0 Å². The topological polar surface area (TPSA) is 49.3 Å². The number of carbonyl (C=O) groups excluding carboxylic acids is 1. The van der Waals surface area contributed by atoms with E-state index in [-0.39, 0.29) is 12.5 Å². The summed E-state index contributed by atoms with van der Waals surface area (Å²) in [5.41, 5.74) is 0.854. The summed E-state index contributed by atoms with van der Waals surface area (Å²) in [4.78, 5) is 11.7. The van der Waals surface area contributed by atoms with Crippen LogP contribution in [0.3, 0.4) is 0 Å². The highest BCUT2D eigenvalue weighted by Crippen LogP contribution is 2.22. The normalized spacial score (nSPS) is 10.5. The molecule has 106 valence electrons. The van der Waals surface area contributed by atoms with E-state index in [4.69, 9.17) is 28.3 Å². The van der Waals surface area contributed by atoms with Crippen molar-refractivity contribution in [2.45, 2.75) is 32.1 Å². The lowest BCUT2D eigenvalue weighted by atomic mass is 10.1. The molecule has 5 heteroatoms. The summed E-state index contributed by atoms with van der Waals surface area (Å²) in [6.45, 7) is 0.912. The number of carbonyl (C=O) groups is 1. The molecule has 0 aliphatic heterocycles. The van der Waals surface area contributed by atoms with Gasteiger partial charge >= 0.3 is 0 Å². The van der Waals surface area contributed by atoms with Gasteiger partial charge in [0.1, 0.15) is 0 Å². The molecule has 0 atom stereocenters. The Kier molecular flexibility index (Phi) is 7.87. The zero-order valence-corrected chi connectivity index (χ0v) is 12.3. The maximum absolute atomic E-state index is 11.7. The van der Waals surface area contributed by atoms with Gasteiger partial charge in [0.15, 0.2) is 0 Å². The van der Waals surface area contributed by atoms with E-state index < -0.39 is 0 Å². The average Bonchev–Trinajstić information content (AvgIpc) is 2.38. The van der Waals surface area contributed by atoms with Gasteiger partial charge in [-0.2, -0.15) is 0 Å². The minimum atomic E-state index is -0.0134. The SMILES string of the molecule is O=C(Cc1ccc(Cl)c(Cl)c1)NCCCCCCO. The van der Waals surface area contributed by atoms with Crippen LogP contribution < -0.4 is 5.32 Å². The van der Waals surface area contributed by atoms with Crippen molar-refractivity contribution in [1.82, 2.24) is 5.32 Å². The number of unbranched alkanes of at least 4 members (excludes halogenated alkanes) is 3. The van der Waals surface area contributed by atoms with E-state index in [1.165, 1.54) is 0 Å². The third kappa shape index (κ3) is 6.81. The largest absolute Gasteiger partial charge is 0.396 e. The Labute approximate surface area is 123 Å². The summed E-state index contributed by atoms with van der Waals surface area (Å²) in [5, 5.41) is 12.5. The molecule has 0 saturated carbocycles. The van der Waals surface area contributed by atoms with Gasteiger partial charge in [-0.1, -0.05) is 42.1 Å². The second-order valence-corrected chi connectivity index (χ2v) is 5.23. The Balaban J connectivity index is 2.21. The van der Waals surface area contributed by atoms with Crippen LogP contribution in [0, 0.1) is 0 Å². The third-order valence-corrected chi connectivity index (χ3v) is 3.49. The number of nitrogens with one attached hydrogen (secondary N) is 1. The summed E-state index contributed by atoms with van der Waals surface area (Å²) in [6, 6.07) is 5.21. The fourth-order valence-corrected chi connectivity index (χ4v) is 2.04. The molecular formula is C14H19Cl2NO2. The molecule has 0 fully saturated rings. The van der Waals surface area contributed by atoms with Crippen LogP contribution in [-0.2, 0) is 11.2 Å². The summed E-state index contributed by atoms with van der Waals surface area (Å²) >= 11 is 11.7. The average molecular weight is 304 g/mol. The molecule has 3 nitrogen and oxygen atoms in total. The van der Waals surface area contributed by atoms with Crippen LogP contribution >= 0.6 is 23.2 Å². The maximum atomic E-state index is 11.7. The molecule has 1 aromatic rings. The molecule has 0 bridgehead atoms. The minimum absolute atomic E-state index is 0.0134. The summed E-state index contributed by atoms with van der Waals surface area (Å²) in [7, 11) is 0. The zero-order chi connectivity index (χ0) is 14.1. The van der Waals surface area contributed by atoms with Crippen molar-refractivity contribution < 1.29 is 9.90 Å².